The number of carboxylic acids is 1. The molecule has 5 N–H and O–H groups in total. The van der Waals surface area contributed by atoms with Crippen molar-refractivity contribution in [1.29, 1.82) is 0 Å². The van der Waals surface area contributed by atoms with Gasteiger partial charge >= 0.3 is 5.97 Å². The molecule has 0 saturated carbocycles. The molecule has 0 fully saturated rings. The van der Waals surface area contributed by atoms with Crippen LogP contribution in [0.2, 0.25) is 0 Å². The normalized spacial score (nSPS) is 12.6. The lowest BCUT2D eigenvalue weighted by atomic mass is 10.1. The van der Waals surface area contributed by atoms with Crippen LogP contribution in [0.1, 0.15) is 18.5 Å². The maximum atomic E-state index is 11.0. The molecule has 0 spiro atoms. The van der Waals surface area contributed by atoms with E-state index in [2.05, 4.69) is 20.0 Å². The van der Waals surface area contributed by atoms with Crippen LogP contribution in [-0.4, -0.2) is 45.8 Å². The van der Waals surface area contributed by atoms with Crippen LogP contribution in [-0.2, 0) is 4.79 Å². The van der Waals surface area contributed by atoms with E-state index < -0.39 is 12.0 Å². The number of guanidine groups is 1. The molecule has 0 bridgehead atoms. The average Bonchev–Trinajstić information content (AvgIpc) is 2.46. The lowest BCUT2D eigenvalue weighted by Gasteiger charge is -2.05. The van der Waals surface area contributed by atoms with E-state index in [4.69, 9.17) is 16.6 Å². The highest BCUT2D eigenvalue weighted by Gasteiger charge is 2.13. The summed E-state index contributed by atoms with van der Waals surface area (Å²) in [5.41, 5.74) is 11.0. The third kappa shape index (κ3) is 7.41. The summed E-state index contributed by atoms with van der Waals surface area (Å²) in [4.78, 5) is 26.8. The number of nitrogens with two attached hydrogens (primary N) is 2. The van der Waals surface area contributed by atoms with Gasteiger partial charge < -0.3 is 16.6 Å². The molecule has 8 nitrogen and oxygen atoms in total. The summed E-state index contributed by atoms with van der Waals surface area (Å²) in [5.74, 6) is -0.985. The Morgan fingerprint density at radius 3 is 2.86 bits per heavy atom. The summed E-state index contributed by atoms with van der Waals surface area (Å²) in [6.45, 7) is 0.386. The van der Waals surface area contributed by atoms with Crippen molar-refractivity contribution in [2.45, 2.75) is 18.9 Å². The molecule has 1 aromatic rings. The zero-order valence-corrected chi connectivity index (χ0v) is 11.5. The quantitative estimate of drug-likeness (QED) is 0.351. The molecule has 21 heavy (non-hydrogen) atoms. The molecule has 0 aliphatic heterocycles. The number of hydrogen-bond donors (Lipinski definition) is 3. The van der Waals surface area contributed by atoms with Crippen LogP contribution in [0.5, 0.6) is 0 Å². The average molecular weight is 290 g/mol. The van der Waals surface area contributed by atoms with Gasteiger partial charge in [0.05, 0.1) is 11.9 Å². The first-order chi connectivity index (χ1) is 10.1. The van der Waals surface area contributed by atoms with Crippen molar-refractivity contribution in [3.63, 3.8) is 0 Å². The Kier molecular flexibility index (Phi) is 7.12. The van der Waals surface area contributed by atoms with Gasteiger partial charge in [-0.05, 0) is 25.0 Å². The second-order valence-corrected chi connectivity index (χ2v) is 4.09. The van der Waals surface area contributed by atoms with E-state index in [9.17, 15) is 4.79 Å². The number of carboxylic acid groups (broad SMARTS) is 1. The van der Waals surface area contributed by atoms with Crippen molar-refractivity contribution < 1.29 is 9.90 Å². The number of carbonyl (C=O) groups is 1. The highest BCUT2D eigenvalue weighted by Crippen LogP contribution is 2.03. The molecule has 1 rings (SSSR count). The molecule has 8 heteroatoms. The fourth-order valence-corrected chi connectivity index (χ4v) is 1.45. The Bertz CT molecular complexity index is 523. The largest absolute Gasteiger partial charge is 0.480 e. The number of aromatic nitrogens is 2. The monoisotopic (exact) mass is 290 g/mol. The van der Waals surface area contributed by atoms with Crippen molar-refractivity contribution >= 4 is 24.2 Å². The molecule has 0 radical (unpaired) electrons. The predicted octanol–water partition coefficient (Wildman–Crippen LogP) is 0.0674. The van der Waals surface area contributed by atoms with Crippen LogP contribution in [0.15, 0.2) is 34.7 Å². The van der Waals surface area contributed by atoms with E-state index in [0.29, 0.717) is 25.1 Å². The third-order valence-corrected chi connectivity index (χ3v) is 2.42. The van der Waals surface area contributed by atoms with Gasteiger partial charge in [0.15, 0.2) is 5.96 Å². The molecule has 1 heterocycles. The van der Waals surface area contributed by atoms with Crippen LogP contribution in [0.25, 0.3) is 6.08 Å². The number of allylic oxidation sites excluding steroid dienone is 1. The highest BCUT2D eigenvalue weighted by molar-refractivity contribution is 5.81. The second kappa shape index (κ2) is 9.18. The number of nitrogens with zero attached hydrogens (tertiary/aromatic N) is 4. The van der Waals surface area contributed by atoms with Crippen molar-refractivity contribution in [3.05, 3.63) is 30.4 Å². The van der Waals surface area contributed by atoms with Gasteiger partial charge in [0.1, 0.15) is 6.04 Å². The molecule has 0 aliphatic carbocycles. The van der Waals surface area contributed by atoms with E-state index >= 15 is 0 Å². The van der Waals surface area contributed by atoms with Gasteiger partial charge in [-0.15, -0.1) is 0 Å². The third-order valence-electron chi connectivity index (χ3n) is 2.42. The van der Waals surface area contributed by atoms with Crippen LogP contribution in [0.4, 0.5) is 0 Å². The highest BCUT2D eigenvalue weighted by atomic mass is 16.4. The molecule has 1 atom stereocenters. The molecule has 0 aromatic carbocycles. The van der Waals surface area contributed by atoms with E-state index in [1.165, 1.54) is 6.21 Å². The zero-order valence-electron chi connectivity index (χ0n) is 11.5. The van der Waals surface area contributed by atoms with Crippen LogP contribution >= 0.6 is 0 Å². The smallest absolute Gasteiger partial charge is 0.328 e. The van der Waals surface area contributed by atoms with Crippen LogP contribution < -0.4 is 11.5 Å². The number of aliphatic carboxylic acids is 1. The standard InChI is InChI=1S/C13H18N6O2/c14-13(15)19-6-2-4-11(12(20)21)18-5-1-3-10-9-16-7-8-17-10/h1,3,5,7-9,11H,2,4,6H2,(H,20,21)(H4,14,15,19)/b3-1+,18-5?. The van der Waals surface area contributed by atoms with E-state index in [-0.39, 0.29) is 5.96 Å². The number of hydrogen-bond acceptors (Lipinski definition) is 5. The van der Waals surface area contributed by atoms with Gasteiger partial charge in [0, 0.05) is 25.2 Å². The Labute approximate surface area is 122 Å². The summed E-state index contributed by atoms with van der Waals surface area (Å²) in [5, 5.41) is 9.05. The first kappa shape index (κ1) is 16.3. The summed E-state index contributed by atoms with van der Waals surface area (Å²) in [6.07, 6.45) is 10.4. The Hall–Kier alpha value is -2.77. The number of rotatable bonds is 8. The second-order valence-electron chi connectivity index (χ2n) is 4.09. The summed E-state index contributed by atoms with van der Waals surface area (Å²) >= 11 is 0. The minimum atomic E-state index is -0.983. The first-order valence-corrected chi connectivity index (χ1v) is 6.33. The van der Waals surface area contributed by atoms with Crippen molar-refractivity contribution in [2.75, 3.05) is 6.54 Å². The SMILES string of the molecule is NC(N)=NCCCC(N=C/C=C/c1cnccn1)C(=O)O. The van der Waals surface area contributed by atoms with Gasteiger partial charge in [-0.1, -0.05) is 0 Å². The Balaban J connectivity index is 2.46. The maximum absolute atomic E-state index is 11.0. The molecule has 0 aliphatic rings. The van der Waals surface area contributed by atoms with Gasteiger partial charge in [-0.3, -0.25) is 20.0 Å². The lowest BCUT2D eigenvalue weighted by molar-refractivity contribution is -0.138. The van der Waals surface area contributed by atoms with E-state index in [0.717, 1.165) is 0 Å². The summed E-state index contributed by atoms with van der Waals surface area (Å²) < 4.78 is 0. The summed E-state index contributed by atoms with van der Waals surface area (Å²) in [7, 11) is 0. The Morgan fingerprint density at radius 2 is 2.24 bits per heavy atom. The van der Waals surface area contributed by atoms with Crippen LogP contribution in [0, 0.1) is 0 Å². The fraction of sp³-hybridized carbons (Fsp3) is 0.308. The topological polar surface area (TPSA) is 140 Å². The fourth-order valence-electron chi connectivity index (χ4n) is 1.45. The van der Waals surface area contributed by atoms with Gasteiger partial charge in [-0.2, -0.15) is 0 Å². The molecular weight excluding hydrogens is 272 g/mol. The van der Waals surface area contributed by atoms with E-state index in [1.54, 1.807) is 30.7 Å². The van der Waals surface area contributed by atoms with E-state index in [1.807, 2.05) is 0 Å². The summed E-state index contributed by atoms with van der Waals surface area (Å²) in [6, 6.07) is -0.814. The van der Waals surface area contributed by atoms with Crippen molar-refractivity contribution in [2.24, 2.45) is 21.5 Å². The van der Waals surface area contributed by atoms with Gasteiger partial charge in [-0.25, -0.2) is 4.79 Å². The van der Waals surface area contributed by atoms with Crippen LogP contribution in [0.3, 0.4) is 0 Å². The minimum absolute atomic E-state index is 0.00252. The molecule has 0 saturated heterocycles. The van der Waals surface area contributed by atoms with Crippen molar-refractivity contribution in [3.8, 4) is 0 Å². The van der Waals surface area contributed by atoms with Crippen molar-refractivity contribution in [1.82, 2.24) is 9.97 Å². The molecule has 0 amide bonds. The number of aliphatic imine (C=N–C) groups is 2. The molecule has 1 unspecified atom stereocenters. The molecule has 112 valence electrons. The zero-order chi connectivity index (χ0) is 15.5. The Morgan fingerprint density at radius 1 is 1.43 bits per heavy atom. The minimum Gasteiger partial charge on any atom is -0.480 e. The van der Waals surface area contributed by atoms with Gasteiger partial charge in [0.2, 0.25) is 0 Å². The lowest BCUT2D eigenvalue weighted by Crippen LogP contribution is -2.23. The molecular formula is C13H18N6O2. The maximum Gasteiger partial charge on any atom is 0.328 e. The van der Waals surface area contributed by atoms with Gasteiger partial charge in [0.25, 0.3) is 0 Å². The first-order valence-electron chi connectivity index (χ1n) is 6.33. The predicted molar refractivity (Wildman–Crippen MR) is 80.9 cm³/mol. The molecule has 1 aromatic heterocycles.